The highest BCUT2D eigenvalue weighted by molar-refractivity contribution is 9.10. The lowest BCUT2D eigenvalue weighted by atomic mass is 10.1. The molecule has 0 atom stereocenters. The molecule has 1 amide bonds. The minimum atomic E-state index is -4.62. The van der Waals surface area contributed by atoms with Gasteiger partial charge in [0.1, 0.15) is 9.71 Å². The maximum absolute atomic E-state index is 13.7. The second kappa shape index (κ2) is 6.49. The maximum atomic E-state index is 13.7. The van der Waals surface area contributed by atoms with E-state index in [4.69, 9.17) is 5.73 Å². The Balaban J connectivity index is 1.90. The lowest BCUT2D eigenvalue weighted by Crippen LogP contribution is -2.25. The number of amides is 1. The number of nitrogens with zero attached hydrogens (tertiary/aromatic N) is 1. The van der Waals surface area contributed by atoms with Gasteiger partial charge in [-0.25, -0.2) is 4.98 Å². The standard InChI is InChI=1S/C18H13BrF3N3OS/c19-9-3-1-8(2-4-9)12-7-11(18(20,21)22)13-14(23)15(27-17(13)25-12)16(26)24-10-5-6-10/h1-4,7,10H,5-6,23H2,(H,24,26). The third-order valence-electron chi connectivity index (χ3n) is 4.26. The SMILES string of the molecule is Nc1c(C(=O)NC2CC2)sc2nc(-c3ccc(Br)cc3)cc(C(F)(F)F)c12. The van der Waals surface area contributed by atoms with E-state index < -0.39 is 17.6 Å². The van der Waals surface area contributed by atoms with Crippen LogP contribution in [0.4, 0.5) is 18.9 Å². The lowest BCUT2D eigenvalue weighted by molar-refractivity contribution is -0.136. The number of benzene rings is 1. The van der Waals surface area contributed by atoms with Crippen molar-refractivity contribution in [2.75, 3.05) is 5.73 Å². The Bertz CT molecular complexity index is 1040. The summed E-state index contributed by atoms with van der Waals surface area (Å²) in [5, 5.41) is 2.55. The number of pyridine rings is 1. The van der Waals surface area contributed by atoms with Gasteiger partial charge < -0.3 is 11.1 Å². The number of hydrogen-bond donors (Lipinski definition) is 2. The van der Waals surface area contributed by atoms with E-state index >= 15 is 0 Å². The topological polar surface area (TPSA) is 68.0 Å². The number of hydrogen-bond acceptors (Lipinski definition) is 4. The molecule has 1 aromatic carbocycles. The number of aromatic nitrogens is 1. The van der Waals surface area contributed by atoms with Crippen LogP contribution in [0.15, 0.2) is 34.8 Å². The van der Waals surface area contributed by atoms with Crippen LogP contribution in [0.1, 0.15) is 28.1 Å². The Morgan fingerprint density at radius 3 is 2.52 bits per heavy atom. The molecule has 2 heterocycles. The molecule has 3 N–H and O–H groups in total. The molecular formula is C18H13BrF3N3OS. The van der Waals surface area contributed by atoms with Crippen LogP contribution in [-0.4, -0.2) is 16.9 Å². The van der Waals surface area contributed by atoms with Crippen LogP contribution >= 0.6 is 27.3 Å². The number of halogens is 4. The van der Waals surface area contributed by atoms with Gasteiger partial charge in [-0.3, -0.25) is 4.79 Å². The molecule has 0 saturated heterocycles. The molecule has 1 fully saturated rings. The van der Waals surface area contributed by atoms with E-state index in [2.05, 4.69) is 26.2 Å². The molecule has 9 heteroatoms. The highest BCUT2D eigenvalue weighted by Gasteiger charge is 2.36. The van der Waals surface area contributed by atoms with Crippen molar-refractivity contribution < 1.29 is 18.0 Å². The number of carbonyl (C=O) groups excluding carboxylic acids is 1. The summed E-state index contributed by atoms with van der Waals surface area (Å²) in [5.41, 5.74) is 5.61. The van der Waals surface area contributed by atoms with Crippen LogP contribution in [0.2, 0.25) is 0 Å². The van der Waals surface area contributed by atoms with Gasteiger partial charge in [0, 0.05) is 21.5 Å². The second-order valence-electron chi connectivity index (χ2n) is 6.33. The van der Waals surface area contributed by atoms with Gasteiger partial charge >= 0.3 is 6.18 Å². The quantitative estimate of drug-likeness (QED) is 0.568. The van der Waals surface area contributed by atoms with E-state index in [0.29, 0.717) is 5.56 Å². The Morgan fingerprint density at radius 2 is 1.93 bits per heavy atom. The maximum Gasteiger partial charge on any atom is 0.417 e. The zero-order chi connectivity index (χ0) is 19.3. The van der Waals surface area contributed by atoms with Crippen LogP contribution in [0.25, 0.3) is 21.5 Å². The molecule has 140 valence electrons. The average Bonchev–Trinajstić information content (AvgIpc) is 3.35. The number of nitrogens with one attached hydrogen (secondary N) is 1. The number of fused-ring (bicyclic) bond motifs is 1. The van der Waals surface area contributed by atoms with Gasteiger partial charge in [-0.05, 0) is 31.0 Å². The molecule has 1 aliphatic rings. The summed E-state index contributed by atoms with van der Waals surface area (Å²) >= 11 is 4.18. The number of thiophene rings is 1. The van der Waals surface area contributed by atoms with Gasteiger partial charge in [-0.2, -0.15) is 13.2 Å². The van der Waals surface area contributed by atoms with Gasteiger partial charge in [0.2, 0.25) is 0 Å². The molecular weight excluding hydrogens is 443 g/mol. The fraction of sp³-hybridized carbons (Fsp3) is 0.222. The van der Waals surface area contributed by atoms with Gasteiger partial charge in [0.15, 0.2) is 0 Å². The minimum Gasteiger partial charge on any atom is -0.397 e. The van der Waals surface area contributed by atoms with Crippen molar-refractivity contribution in [1.29, 1.82) is 0 Å². The molecule has 4 rings (SSSR count). The molecule has 0 spiro atoms. The van der Waals surface area contributed by atoms with Crippen molar-refractivity contribution in [3.8, 4) is 11.3 Å². The van der Waals surface area contributed by atoms with Crippen molar-refractivity contribution in [2.45, 2.75) is 25.1 Å². The third kappa shape index (κ3) is 3.53. The van der Waals surface area contributed by atoms with Crippen molar-refractivity contribution in [3.63, 3.8) is 0 Å². The van der Waals surface area contributed by atoms with E-state index in [1.165, 1.54) is 0 Å². The summed E-state index contributed by atoms with van der Waals surface area (Å²) in [6.45, 7) is 0. The number of rotatable bonds is 3. The van der Waals surface area contributed by atoms with E-state index in [1.54, 1.807) is 24.3 Å². The summed E-state index contributed by atoms with van der Waals surface area (Å²) in [6, 6.07) is 7.87. The first-order chi connectivity index (χ1) is 12.7. The summed E-state index contributed by atoms with van der Waals surface area (Å²) in [4.78, 5) is 16.9. The number of nitrogen functional groups attached to an aromatic ring is 1. The van der Waals surface area contributed by atoms with Crippen LogP contribution in [-0.2, 0) is 6.18 Å². The number of carbonyl (C=O) groups is 1. The molecule has 27 heavy (non-hydrogen) atoms. The normalized spacial score (nSPS) is 14.5. The predicted octanol–water partition coefficient (Wildman–Crippen LogP) is 5.22. The monoisotopic (exact) mass is 455 g/mol. The minimum absolute atomic E-state index is 0.0721. The lowest BCUT2D eigenvalue weighted by Gasteiger charge is -2.11. The van der Waals surface area contributed by atoms with Crippen LogP contribution in [0.5, 0.6) is 0 Å². The zero-order valence-corrected chi connectivity index (χ0v) is 16.1. The van der Waals surface area contributed by atoms with Crippen LogP contribution in [0.3, 0.4) is 0 Å². The molecule has 2 aromatic heterocycles. The highest BCUT2D eigenvalue weighted by Crippen LogP contribution is 2.43. The first-order valence-electron chi connectivity index (χ1n) is 8.11. The summed E-state index contributed by atoms with van der Waals surface area (Å²) in [6.07, 6.45) is -2.88. The Morgan fingerprint density at radius 1 is 1.26 bits per heavy atom. The summed E-state index contributed by atoms with van der Waals surface area (Å²) < 4.78 is 41.9. The molecule has 0 radical (unpaired) electrons. The first kappa shape index (κ1) is 18.2. The van der Waals surface area contributed by atoms with Gasteiger partial charge in [-0.15, -0.1) is 11.3 Å². The first-order valence-corrected chi connectivity index (χ1v) is 9.72. The number of alkyl halides is 3. The van der Waals surface area contributed by atoms with Gasteiger partial charge in [0.05, 0.1) is 16.9 Å². The zero-order valence-electron chi connectivity index (χ0n) is 13.7. The van der Waals surface area contributed by atoms with Gasteiger partial charge in [0.25, 0.3) is 5.91 Å². The van der Waals surface area contributed by atoms with Gasteiger partial charge in [-0.1, -0.05) is 28.1 Å². The summed E-state index contributed by atoms with van der Waals surface area (Å²) in [7, 11) is 0. The molecule has 0 bridgehead atoms. The molecule has 3 aromatic rings. The summed E-state index contributed by atoms with van der Waals surface area (Å²) in [5.74, 6) is -0.448. The number of anilines is 1. The van der Waals surface area contributed by atoms with Crippen LogP contribution in [0, 0.1) is 0 Å². The molecule has 4 nitrogen and oxygen atoms in total. The van der Waals surface area contributed by atoms with Crippen LogP contribution < -0.4 is 11.1 Å². The second-order valence-corrected chi connectivity index (χ2v) is 8.25. The molecule has 0 aliphatic heterocycles. The van der Waals surface area contributed by atoms with Crippen molar-refractivity contribution in [3.05, 3.63) is 45.2 Å². The van der Waals surface area contributed by atoms with Crippen molar-refractivity contribution in [1.82, 2.24) is 10.3 Å². The fourth-order valence-electron chi connectivity index (χ4n) is 2.76. The van der Waals surface area contributed by atoms with E-state index in [1.807, 2.05) is 0 Å². The molecule has 0 unspecified atom stereocenters. The van der Waals surface area contributed by atoms with Crippen molar-refractivity contribution >= 4 is 49.1 Å². The highest BCUT2D eigenvalue weighted by atomic mass is 79.9. The largest absolute Gasteiger partial charge is 0.417 e. The predicted molar refractivity (Wildman–Crippen MR) is 103 cm³/mol. The molecule has 1 aliphatic carbocycles. The van der Waals surface area contributed by atoms with Crippen molar-refractivity contribution in [2.24, 2.45) is 0 Å². The fourth-order valence-corrected chi connectivity index (χ4v) is 4.05. The smallest absolute Gasteiger partial charge is 0.397 e. The average molecular weight is 456 g/mol. The third-order valence-corrected chi connectivity index (χ3v) is 5.89. The Hall–Kier alpha value is -2.13. The number of nitrogens with two attached hydrogens (primary N) is 1. The van der Waals surface area contributed by atoms with E-state index in [9.17, 15) is 18.0 Å². The van der Waals surface area contributed by atoms with E-state index in [0.717, 1.165) is 34.7 Å². The Kier molecular flexibility index (Phi) is 4.38. The van der Waals surface area contributed by atoms with E-state index in [-0.39, 0.29) is 32.5 Å². The molecule has 1 saturated carbocycles. The Labute approximate surface area is 164 Å².